The van der Waals surface area contributed by atoms with Crippen molar-refractivity contribution in [2.75, 3.05) is 0 Å². The van der Waals surface area contributed by atoms with Gasteiger partial charge in [-0.15, -0.1) is 0 Å². The lowest BCUT2D eigenvalue weighted by Gasteiger charge is -2.46. The largest absolute Gasteiger partial charge is 0.480 e. The molecule has 1 aliphatic heterocycles. The molecule has 20 heavy (non-hydrogen) atoms. The standard InChI is InChI=1S/C18H28O2/c1-11(2)13-9-15-16(10-14(13)12(3)4)20-18(7,8)17(5,6)19-15/h9-12H,1-8H3. The normalized spacial score (nSPS) is 19.5. The van der Waals surface area contributed by atoms with Crippen LogP contribution >= 0.6 is 0 Å². The van der Waals surface area contributed by atoms with Crippen molar-refractivity contribution in [2.24, 2.45) is 0 Å². The van der Waals surface area contributed by atoms with E-state index in [-0.39, 0.29) is 11.2 Å². The highest BCUT2D eigenvalue weighted by Crippen LogP contribution is 2.46. The molecule has 112 valence electrons. The van der Waals surface area contributed by atoms with E-state index in [9.17, 15) is 0 Å². The first-order chi connectivity index (χ1) is 9.05. The van der Waals surface area contributed by atoms with Crippen LogP contribution < -0.4 is 9.47 Å². The van der Waals surface area contributed by atoms with Crippen LogP contribution in [0, 0.1) is 0 Å². The third-order valence-corrected chi connectivity index (χ3v) is 4.57. The molecular weight excluding hydrogens is 248 g/mol. The smallest absolute Gasteiger partial charge is 0.162 e. The second kappa shape index (κ2) is 4.68. The van der Waals surface area contributed by atoms with Gasteiger partial charge in [-0.3, -0.25) is 0 Å². The summed E-state index contributed by atoms with van der Waals surface area (Å²) in [6, 6.07) is 4.35. The summed E-state index contributed by atoms with van der Waals surface area (Å²) in [4.78, 5) is 0. The molecule has 0 unspecified atom stereocenters. The maximum Gasteiger partial charge on any atom is 0.162 e. The van der Waals surface area contributed by atoms with Gasteiger partial charge in [0.25, 0.3) is 0 Å². The van der Waals surface area contributed by atoms with Crippen LogP contribution in [0.3, 0.4) is 0 Å². The molecule has 0 amide bonds. The quantitative estimate of drug-likeness (QED) is 0.733. The lowest BCUT2D eigenvalue weighted by atomic mass is 9.86. The SMILES string of the molecule is CC(C)c1cc2c(cc1C(C)C)OC(C)(C)C(C)(C)O2. The van der Waals surface area contributed by atoms with Crippen molar-refractivity contribution in [1.82, 2.24) is 0 Å². The molecule has 0 radical (unpaired) electrons. The van der Waals surface area contributed by atoms with Crippen molar-refractivity contribution >= 4 is 0 Å². The first-order valence-electron chi connectivity index (χ1n) is 7.61. The molecule has 1 aromatic carbocycles. The van der Waals surface area contributed by atoms with E-state index in [2.05, 4.69) is 67.5 Å². The summed E-state index contributed by atoms with van der Waals surface area (Å²) >= 11 is 0. The first-order valence-corrected chi connectivity index (χ1v) is 7.61. The number of benzene rings is 1. The van der Waals surface area contributed by atoms with Crippen molar-refractivity contribution in [2.45, 2.75) is 78.4 Å². The van der Waals surface area contributed by atoms with Crippen LogP contribution in [0.2, 0.25) is 0 Å². The number of hydrogen-bond acceptors (Lipinski definition) is 2. The Morgan fingerprint density at radius 2 is 1.00 bits per heavy atom. The fourth-order valence-electron chi connectivity index (χ4n) is 2.55. The van der Waals surface area contributed by atoms with E-state index in [1.165, 1.54) is 11.1 Å². The minimum absolute atomic E-state index is 0.340. The molecule has 0 atom stereocenters. The van der Waals surface area contributed by atoms with Gasteiger partial charge in [0.2, 0.25) is 0 Å². The Morgan fingerprint density at radius 1 is 0.700 bits per heavy atom. The monoisotopic (exact) mass is 276 g/mol. The van der Waals surface area contributed by atoms with Crippen LogP contribution in [0.4, 0.5) is 0 Å². The molecule has 0 spiro atoms. The lowest BCUT2D eigenvalue weighted by molar-refractivity contribution is -0.0992. The van der Waals surface area contributed by atoms with E-state index in [0.717, 1.165) is 11.5 Å². The van der Waals surface area contributed by atoms with Crippen molar-refractivity contribution in [1.29, 1.82) is 0 Å². The van der Waals surface area contributed by atoms with Gasteiger partial charge in [-0.25, -0.2) is 0 Å². The molecule has 0 bridgehead atoms. The van der Waals surface area contributed by atoms with E-state index in [1.54, 1.807) is 0 Å². The van der Waals surface area contributed by atoms with E-state index >= 15 is 0 Å². The van der Waals surface area contributed by atoms with Gasteiger partial charge in [-0.2, -0.15) is 0 Å². The fraction of sp³-hybridized carbons (Fsp3) is 0.667. The average molecular weight is 276 g/mol. The fourth-order valence-corrected chi connectivity index (χ4v) is 2.55. The van der Waals surface area contributed by atoms with Gasteiger partial charge in [0.05, 0.1) is 0 Å². The van der Waals surface area contributed by atoms with E-state index in [0.29, 0.717) is 11.8 Å². The number of rotatable bonds is 2. The Labute approximate surface area is 123 Å². The Hall–Kier alpha value is -1.18. The highest BCUT2D eigenvalue weighted by molar-refractivity contribution is 5.51. The van der Waals surface area contributed by atoms with E-state index in [1.807, 2.05) is 0 Å². The predicted molar refractivity (Wildman–Crippen MR) is 84.0 cm³/mol. The zero-order chi connectivity index (χ0) is 15.3. The second-order valence-corrected chi connectivity index (χ2v) is 7.46. The molecule has 0 N–H and O–H groups in total. The summed E-state index contributed by atoms with van der Waals surface area (Å²) in [6.45, 7) is 17.3. The van der Waals surface area contributed by atoms with Crippen molar-refractivity contribution < 1.29 is 9.47 Å². The molecule has 0 saturated carbocycles. The summed E-state index contributed by atoms with van der Waals surface area (Å²) in [5.74, 6) is 2.73. The summed E-state index contributed by atoms with van der Waals surface area (Å²) in [5, 5.41) is 0. The Bertz CT molecular complexity index is 463. The highest BCUT2D eigenvalue weighted by Gasteiger charge is 2.46. The van der Waals surface area contributed by atoms with Crippen molar-refractivity contribution in [3.05, 3.63) is 23.3 Å². The molecule has 2 nitrogen and oxygen atoms in total. The van der Waals surface area contributed by atoms with Gasteiger partial charge in [0.15, 0.2) is 11.5 Å². The van der Waals surface area contributed by atoms with Crippen LogP contribution in [-0.2, 0) is 0 Å². The van der Waals surface area contributed by atoms with Gasteiger partial charge in [-0.1, -0.05) is 27.7 Å². The third kappa shape index (κ3) is 2.41. The first kappa shape index (κ1) is 15.2. The Kier molecular flexibility index (Phi) is 3.56. The van der Waals surface area contributed by atoms with Gasteiger partial charge in [-0.05, 0) is 62.8 Å². The maximum absolute atomic E-state index is 6.24. The molecular formula is C18H28O2. The van der Waals surface area contributed by atoms with Crippen LogP contribution in [-0.4, -0.2) is 11.2 Å². The molecule has 2 heteroatoms. The average Bonchev–Trinajstić information content (AvgIpc) is 2.27. The topological polar surface area (TPSA) is 18.5 Å². The third-order valence-electron chi connectivity index (χ3n) is 4.57. The zero-order valence-corrected chi connectivity index (χ0v) is 14.1. The van der Waals surface area contributed by atoms with Crippen molar-refractivity contribution in [3.63, 3.8) is 0 Å². The molecule has 1 heterocycles. The minimum atomic E-state index is -0.340. The summed E-state index contributed by atoms with van der Waals surface area (Å²) in [7, 11) is 0. The lowest BCUT2D eigenvalue weighted by Crippen LogP contribution is -2.56. The van der Waals surface area contributed by atoms with E-state index in [4.69, 9.17) is 9.47 Å². The molecule has 0 aromatic heterocycles. The Morgan fingerprint density at radius 3 is 1.25 bits per heavy atom. The zero-order valence-electron chi connectivity index (χ0n) is 14.1. The van der Waals surface area contributed by atoms with Gasteiger partial charge >= 0.3 is 0 Å². The van der Waals surface area contributed by atoms with Crippen LogP contribution in [0.5, 0.6) is 11.5 Å². The van der Waals surface area contributed by atoms with Crippen molar-refractivity contribution in [3.8, 4) is 11.5 Å². The minimum Gasteiger partial charge on any atom is -0.480 e. The summed E-state index contributed by atoms with van der Waals surface area (Å²) in [6.07, 6.45) is 0. The number of hydrogen-bond donors (Lipinski definition) is 0. The van der Waals surface area contributed by atoms with Crippen LogP contribution in [0.15, 0.2) is 12.1 Å². The second-order valence-electron chi connectivity index (χ2n) is 7.46. The Balaban J connectivity index is 2.57. The number of ether oxygens (including phenoxy) is 2. The molecule has 1 aromatic rings. The number of fused-ring (bicyclic) bond motifs is 1. The molecule has 1 aliphatic rings. The van der Waals surface area contributed by atoms with E-state index < -0.39 is 0 Å². The summed E-state index contributed by atoms with van der Waals surface area (Å²) < 4.78 is 12.5. The molecule has 0 fully saturated rings. The summed E-state index contributed by atoms with van der Waals surface area (Å²) in [5.41, 5.74) is 2.04. The van der Waals surface area contributed by atoms with Gasteiger partial charge in [0, 0.05) is 0 Å². The molecule has 0 saturated heterocycles. The maximum atomic E-state index is 6.24. The van der Waals surface area contributed by atoms with Crippen LogP contribution in [0.25, 0.3) is 0 Å². The van der Waals surface area contributed by atoms with Crippen LogP contribution in [0.1, 0.15) is 78.4 Å². The van der Waals surface area contributed by atoms with Gasteiger partial charge in [0.1, 0.15) is 11.2 Å². The van der Waals surface area contributed by atoms with Gasteiger partial charge < -0.3 is 9.47 Å². The predicted octanol–water partition coefficient (Wildman–Crippen LogP) is 5.26. The molecule has 2 rings (SSSR count). The highest BCUT2D eigenvalue weighted by atomic mass is 16.6. The molecule has 0 aliphatic carbocycles.